The second kappa shape index (κ2) is 9.05. The van der Waals surface area contributed by atoms with E-state index in [-0.39, 0.29) is 0 Å². The summed E-state index contributed by atoms with van der Waals surface area (Å²) < 4.78 is 0. The molecule has 216 valence electrons. The highest BCUT2D eigenvalue weighted by molar-refractivity contribution is 6.44. The number of benzene rings is 8. The Morgan fingerprint density at radius 2 is 0.848 bits per heavy atom. The van der Waals surface area contributed by atoms with Gasteiger partial charge in [0.25, 0.3) is 0 Å². The summed E-state index contributed by atoms with van der Waals surface area (Å²) in [5.74, 6) is 0. The topological polar surface area (TPSA) is 0 Å². The van der Waals surface area contributed by atoms with Crippen LogP contribution in [-0.2, 0) is 0 Å². The minimum absolute atomic E-state index is 1.27. The molecule has 0 saturated carbocycles. The SMILES string of the molecule is Cc1cc2cc(C)cc3c4c(-c5ccccc5)c5c(cc6c7cc(C)c(C)cc7c7cccc5c76)c(-c5ccccc5)c4c(c1)c23. The number of hydrogen-bond acceptors (Lipinski definition) is 0. The Morgan fingerprint density at radius 1 is 0.304 bits per heavy atom. The largest absolute Gasteiger partial charge is 0.0622 e. The average molecular weight is 585 g/mol. The Hall–Kier alpha value is -5.46. The van der Waals surface area contributed by atoms with Gasteiger partial charge >= 0.3 is 0 Å². The fraction of sp³-hybridized carbons (Fsp3) is 0.0870. The van der Waals surface area contributed by atoms with Crippen molar-refractivity contribution >= 4 is 75.4 Å². The molecular formula is C46H32. The molecule has 0 fully saturated rings. The zero-order valence-electron chi connectivity index (χ0n) is 26.5. The van der Waals surface area contributed by atoms with E-state index in [2.05, 4.69) is 149 Å². The second-order valence-electron chi connectivity index (χ2n) is 13.5. The van der Waals surface area contributed by atoms with E-state index in [1.54, 1.807) is 0 Å². The standard InChI is InChI=1S/C46H32/c1-25-18-31-19-26(2)21-38-40(31)37(20-25)45-41(29-12-7-5-8-13-29)39-24-36-35-23-28(4)27(3)22-34(35)32-16-11-17-33(43(32)36)44(39)42(46(38)45)30-14-9-6-10-15-30/h5-24H,1-4H3. The number of rotatable bonds is 2. The highest BCUT2D eigenvalue weighted by atomic mass is 14.3. The lowest BCUT2D eigenvalue weighted by atomic mass is 9.83. The lowest BCUT2D eigenvalue weighted by Gasteiger charge is -2.19. The maximum absolute atomic E-state index is 2.54. The van der Waals surface area contributed by atoms with Gasteiger partial charge in [-0.15, -0.1) is 0 Å². The van der Waals surface area contributed by atoms with Gasteiger partial charge in [0.2, 0.25) is 0 Å². The van der Waals surface area contributed by atoms with Crippen LogP contribution in [0, 0.1) is 27.7 Å². The molecule has 0 heteroatoms. The second-order valence-corrected chi connectivity index (χ2v) is 13.5. The van der Waals surface area contributed by atoms with Gasteiger partial charge in [0.05, 0.1) is 0 Å². The molecule has 0 aliphatic heterocycles. The van der Waals surface area contributed by atoms with Gasteiger partial charge in [-0.1, -0.05) is 115 Å². The molecule has 0 radical (unpaired) electrons. The molecule has 0 unspecified atom stereocenters. The van der Waals surface area contributed by atoms with Crippen molar-refractivity contribution in [2.45, 2.75) is 27.7 Å². The highest BCUT2D eigenvalue weighted by Crippen LogP contribution is 2.54. The van der Waals surface area contributed by atoms with Crippen LogP contribution in [0.4, 0.5) is 0 Å². The lowest BCUT2D eigenvalue weighted by Crippen LogP contribution is -1.91. The van der Waals surface area contributed by atoms with Crippen molar-refractivity contribution in [3.05, 3.63) is 144 Å². The summed E-state index contributed by atoms with van der Waals surface area (Å²) in [5, 5.41) is 19.0. The molecule has 0 spiro atoms. The average Bonchev–Trinajstić information content (AvgIpc) is 3.54. The van der Waals surface area contributed by atoms with Gasteiger partial charge in [-0.25, -0.2) is 0 Å². The zero-order valence-corrected chi connectivity index (χ0v) is 26.5. The molecule has 0 N–H and O–H groups in total. The molecule has 10 rings (SSSR count). The van der Waals surface area contributed by atoms with Crippen LogP contribution in [0.25, 0.3) is 97.7 Å². The minimum atomic E-state index is 1.27. The van der Waals surface area contributed by atoms with Gasteiger partial charge in [0.1, 0.15) is 0 Å². The molecular weight excluding hydrogens is 553 g/mol. The summed E-state index contributed by atoms with van der Waals surface area (Å²) in [5.41, 5.74) is 10.5. The molecule has 0 saturated heterocycles. The zero-order chi connectivity index (χ0) is 30.8. The van der Waals surface area contributed by atoms with Crippen molar-refractivity contribution in [3.63, 3.8) is 0 Å². The fourth-order valence-electron chi connectivity index (χ4n) is 8.71. The Balaban J connectivity index is 1.61. The first-order valence-corrected chi connectivity index (χ1v) is 16.4. The molecule has 0 aromatic heterocycles. The van der Waals surface area contributed by atoms with E-state index >= 15 is 0 Å². The molecule has 0 aliphatic carbocycles. The summed E-state index contributed by atoms with van der Waals surface area (Å²) in [7, 11) is 0. The molecule has 10 aromatic carbocycles. The summed E-state index contributed by atoms with van der Waals surface area (Å²) in [6.45, 7) is 8.97. The fourth-order valence-corrected chi connectivity index (χ4v) is 8.71. The first-order chi connectivity index (χ1) is 22.5. The maximum atomic E-state index is 2.54. The first-order valence-electron chi connectivity index (χ1n) is 16.4. The van der Waals surface area contributed by atoms with Crippen LogP contribution in [-0.4, -0.2) is 0 Å². The quantitative estimate of drug-likeness (QED) is 0.177. The van der Waals surface area contributed by atoms with Crippen LogP contribution < -0.4 is 0 Å². The van der Waals surface area contributed by atoms with Crippen molar-refractivity contribution in [2.75, 3.05) is 0 Å². The third kappa shape index (κ3) is 3.29. The molecule has 0 atom stereocenters. The smallest absolute Gasteiger partial charge is 0.000709 e. The summed E-state index contributed by atoms with van der Waals surface area (Å²) in [6, 6.07) is 46.2. The van der Waals surface area contributed by atoms with Gasteiger partial charge < -0.3 is 0 Å². The Bertz CT molecular complexity index is 2850. The van der Waals surface area contributed by atoms with Crippen LogP contribution in [0.2, 0.25) is 0 Å². The molecule has 46 heavy (non-hydrogen) atoms. The summed E-state index contributed by atoms with van der Waals surface area (Å²) in [4.78, 5) is 0. The summed E-state index contributed by atoms with van der Waals surface area (Å²) in [6.07, 6.45) is 0. The van der Waals surface area contributed by atoms with Gasteiger partial charge in [-0.3, -0.25) is 0 Å². The van der Waals surface area contributed by atoms with E-state index < -0.39 is 0 Å². The van der Waals surface area contributed by atoms with Crippen molar-refractivity contribution in [1.29, 1.82) is 0 Å². The van der Waals surface area contributed by atoms with Crippen LogP contribution in [0.5, 0.6) is 0 Å². The predicted octanol–water partition coefficient (Wildman–Crippen LogP) is 13.2. The predicted molar refractivity (Wildman–Crippen MR) is 201 cm³/mol. The van der Waals surface area contributed by atoms with Gasteiger partial charge in [0, 0.05) is 0 Å². The Morgan fingerprint density at radius 3 is 1.48 bits per heavy atom. The van der Waals surface area contributed by atoms with Gasteiger partial charge in [-0.2, -0.15) is 0 Å². The lowest BCUT2D eigenvalue weighted by molar-refractivity contribution is 1.37. The highest BCUT2D eigenvalue weighted by Gasteiger charge is 2.26. The van der Waals surface area contributed by atoms with Gasteiger partial charge in [0.15, 0.2) is 0 Å². The third-order valence-corrected chi connectivity index (χ3v) is 10.6. The van der Waals surface area contributed by atoms with Crippen LogP contribution in [0.1, 0.15) is 22.3 Å². The maximum Gasteiger partial charge on any atom is -0.000709 e. The number of hydrogen-bond donors (Lipinski definition) is 0. The first kappa shape index (κ1) is 25.8. The molecule has 0 heterocycles. The van der Waals surface area contributed by atoms with Gasteiger partial charge in [-0.05, 0) is 154 Å². The Labute approximate surface area is 268 Å². The van der Waals surface area contributed by atoms with Crippen LogP contribution >= 0.6 is 0 Å². The van der Waals surface area contributed by atoms with E-state index in [1.165, 1.54) is 120 Å². The van der Waals surface area contributed by atoms with Crippen molar-refractivity contribution in [2.24, 2.45) is 0 Å². The van der Waals surface area contributed by atoms with Crippen LogP contribution in [0.15, 0.2) is 121 Å². The van der Waals surface area contributed by atoms with E-state index in [9.17, 15) is 0 Å². The number of aryl methyl sites for hydroxylation is 4. The molecule has 0 bridgehead atoms. The molecule has 10 aromatic rings. The third-order valence-electron chi connectivity index (χ3n) is 10.6. The summed E-state index contributed by atoms with van der Waals surface area (Å²) >= 11 is 0. The molecule has 0 amide bonds. The monoisotopic (exact) mass is 584 g/mol. The van der Waals surface area contributed by atoms with E-state index in [4.69, 9.17) is 0 Å². The normalized spacial score (nSPS) is 12.3. The minimum Gasteiger partial charge on any atom is -0.0622 e. The molecule has 0 nitrogen and oxygen atoms in total. The van der Waals surface area contributed by atoms with Crippen LogP contribution in [0.3, 0.4) is 0 Å². The van der Waals surface area contributed by atoms with Crippen molar-refractivity contribution in [3.8, 4) is 22.3 Å². The van der Waals surface area contributed by atoms with E-state index in [0.29, 0.717) is 0 Å². The van der Waals surface area contributed by atoms with Crippen molar-refractivity contribution < 1.29 is 0 Å². The van der Waals surface area contributed by atoms with E-state index in [0.717, 1.165) is 0 Å². The number of fused-ring (bicyclic) bond motifs is 8. The Kier molecular flexibility index (Phi) is 5.08. The van der Waals surface area contributed by atoms with E-state index in [1.807, 2.05) is 0 Å². The van der Waals surface area contributed by atoms with Crippen molar-refractivity contribution in [1.82, 2.24) is 0 Å². The molecule has 0 aliphatic rings.